The number of imidazole rings is 1. The van der Waals surface area contributed by atoms with Gasteiger partial charge in [0.1, 0.15) is 11.6 Å². The topological polar surface area (TPSA) is 54.5 Å². The number of nitriles is 1. The summed E-state index contributed by atoms with van der Waals surface area (Å²) in [5.74, 6) is 1.56. The fraction of sp³-hybridized carbons (Fsp3) is 0. The van der Waals surface area contributed by atoms with E-state index in [2.05, 4.69) is 11.1 Å². The lowest BCUT2D eigenvalue weighted by atomic mass is 10.2. The maximum Gasteiger partial charge on any atom is 0.139 e. The highest BCUT2D eigenvalue weighted by molar-refractivity contribution is 5.83. The van der Waals surface area contributed by atoms with Crippen molar-refractivity contribution in [3.63, 3.8) is 0 Å². The Hall–Kier alpha value is -3.71. The van der Waals surface area contributed by atoms with Crippen LogP contribution in [0.4, 0.5) is 0 Å². The molecule has 25 heavy (non-hydrogen) atoms. The average Bonchev–Trinajstić information content (AvgIpc) is 3.05. The molecule has 0 amide bonds. The lowest BCUT2D eigenvalue weighted by Crippen LogP contribution is -1.99. The summed E-state index contributed by atoms with van der Waals surface area (Å²) in [6, 6.07) is 23.5. The third kappa shape index (κ3) is 2.91. The number of hydrogen-bond acceptors (Lipinski definition) is 3. The summed E-state index contributed by atoms with van der Waals surface area (Å²) in [4.78, 5) is 9.15. The molecule has 4 nitrogen and oxygen atoms in total. The van der Waals surface area contributed by atoms with Crippen LogP contribution >= 0.6 is 0 Å². The molecular formula is C21H14N4. The number of benzene rings is 2. The van der Waals surface area contributed by atoms with Crippen LogP contribution in [0.15, 0.2) is 72.9 Å². The van der Waals surface area contributed by atoms with E-state index >= 15 is 0 Å². The molecule has 0 bridgehead atoms. The predicted octanol–water partition coefficient (Wildman–Crippen LogP) is 4.46. The second kappa shape index (κ2) is 6.42. The summed E-state index contributed by atoms with van der Waals surface area (Å²) in [5, 5.41) is 9.13. The van der Waals surface area contributed by atoms with E-state index in [4.69, 9.17) is 10.2 Å². The van der Waals surface area contributed by atoms with Crippen molar-refractivity contribution in [3.8, 4) is 11.9 Å². The molecule has 0 saturated carbocycles. The molecule has 0 fully saturated rings. The molecule has 0 spiro atoms. The molecule has 0 aliphatic heterocycles. The van der Waals surface area contributed by atoms with Crippen molar-refractivity contribution in [1.29, 1.82) is 5.26 Å². The SMILES string of the molecule is N#Cc1ccc2c(c1)nc(C=Cc1ccccc1)n2-c1ccccn1. The zero-order valence-corrected chi connectivity index (χ0v) is 13.4. The number of aromatic nitrogens is 3. The van der Waals surface area contributed by atoms with Crippen LogP contribution in [0.5, 0.6) is 0 Å². The van der Waals surface area contributed by atoms with Crippen LogP contribution in [0, 0.1) is 11.3 Å². The maximum atomic E-state index is 9.13. The summed E-state index contributed by atoms with van der Waals surface area (Å²) < 4.78 is 2.00. The van der Waals surface area contributed by atoms with Gasteiger partial charge in [0.2, 0.25) is 0 Å². The van der Waals surface area contributed by atoms with Crippen LogP contribution in [0.25, 0.3) is 29.0 Å². The van der Waals surface area contributed by atoms with Gasteiger partial charge in [0.05, 0.1) is 22.7 Å². The molecule has 4 aromatic rings. The van der Waals surface area contributed by atoms with Crippen LogP contribution in [0.2, 0.25) is 0 Å². The Kier molecular flexibility index (Phi) is 3.82. The number of nitrogens with zero attached hydrogens (tertiary/aromatic N) is 4. The van der Waals surface area contributed by atoms with Crippen molar-refractivity contribution in [2.45, 2.75) is 0 Å². The first-order valence-corrected chi connectivity index (χ1v) is 7.92. The molecule has 0 atom stereocenters. The van der Waals surface area contributed by atoms with E-state index in [0.29, 0.717) is 5.56 Å². The summed E-state index contributed by atoms with van der Waals surface area (Å²) >= 11 is 0. The van der Waals surface area contributed by atoms with E-state index in [-0.39, 0.29) is 0 Å². The minimum absolute atomic E-state index is 0.594. The molecule has 4 heteroatoms. The fourth-order valence-electron chi connectivity index (χ4n) is 2.74. The van der Waals surface area contributed by atoms with Crippen LogP contribution in [-0.2, 0) is 0 Å². The first-order valence-electron chi connectivity index (χ1n) is 7.92. The third-order valence-electron chi connectivity index (χ3n) is 3.91. The van der Waals surface area contributed by atoms with E-state index in [9.17, 15) is 0 Å². The molecule has 4 rings (SSSR count). The van der Waals surface area contributed by atoms with E-state index in [1.165, 1.54) is 0 Å². The number of pyridine rings is 1. The number of hydrogen-bond donors (Lipinski definition) is 0. The normalized spacial score (nSPS) is 11.0. The molecule has 0 saturated heterocycles. The minimum Gasteiger partial charge on any atom is -0.277 e. The summed E-state index contributed by atoms with van der Waals surface area (Å²) in [7, 11) is 0. The Morgan fingerprint density at radius 3 is 2.52 bits per heavy atom. The van der Waals surface area contributed by atoms with Gasteiger partial charge in [-0.05, 0) is 42.0 Å². The van der Waals surface area contributed by atoms with E-state index in [1.54, 1.807) is 18.3 Å². The summed E-state index contributed by atoms with van der Waals surface area (Å²) in [5.41, 5.74) is 3.39. The summed E-state index contributed by atoms with van der Waals surface area (Å²) in [6.07, 6.45) is 5.75. The Morgan fingerprint density at radius 2 is 1.76 bits per heavy atom. The second-order valence-corrected chi connectivity index (χ2v) is 5.55. The molecule has 2 aromatic carbocycles. The van der Waals surface area contributed by atoms with Gasteiger partial charge >= 0.3 is 0 Å². The van der Waals surface area contributed by atoms with E-state index < -0.39 is 0 Å². The highest BCUT2D eigenvalue weighted by Gasteiger charge is 2.11. The molecule has 0 N–H and O–H groups in total. The standard InChI is InChI=1S/C21H14N4/c22-15-17-9-11-19-18(14-17)24-21(12-10-16-6-2-1-3-7-16)25(19)20-8-4-5-13-23-20/h1-14H. The zero-order chi connectivity index (χ0) is 17.1. The van der Waals surface area contributed by atoms with Gasteiger partial charge in [-0.1, -0.05) is 42.5 Å². The van der Waals surface area contributed by atoms with Gasteiger partial charge in [-0.15, -0.1) is 0 Å². The Balaban J connectivity index is 1.90. The molecule has 0 radical (unpaired) electrons. The Labute approximate surface area is 145 Å². The van der Waals surface area contributed by atoms with Crippen LogP contribution in [-0.4, -0.2) is 14.5 Å². The van der Waals surface area contributed by atoms with Gasteiger partial charge in [-0.25, -0.2) is 9.97 Å². The van der Waals surface area contributed by atoms with Gasteiger partial charge in [0.25, 0.3) is 0 Å². The first-order chi connectivity index (χ1) is 12.3. The Morgan fingerprint density at radius 1 is 0.920 bits per heavy atom. The van der Waals surface area contributed by atoms with Crippen LogP contribution in [0.3, 0.4) is 0 Å². The van der Waals surface area contributed by atoms with Crippen LogP contribution < -0.4 is 0 Å². The van der Waals surface area contributed by atoms with Crippen molar-refractivity contribution < 1.29 is 0 Å². The number of rotatable bonds is 3. The van der Waals surface area contributed by atoms with E-state index in [1.807, 2.05) is 71.3 Å². The molecule has 2 heterocycles. The largest absolute Gasteiger partial charge is 0.277 e. The lowest BCUT2D eigenvalue weighted by molar-refractivity contribution is 1.01. The zero-order valence-electron chi connectivity index (χ0n) is 13.4. The lowest BCUT2D eigenvalue weighted by Gasteiger charge is -2.05. The molecule has 118 valence electrons. The molecule has 0 unspecified atom stereocenters. The maximum absolute atomic E-state index is 9.13. The van der Waals surface area contributed by atoms with Crippen molar-refractivity contribution in [1.82, 2.24) is 14.5 Å². The van der Waals surface area contributed by atoms with Crippen molar-refractivity contribution >= 4 is 23.2 Å². The third-order valence-corrected chi connectivity index (χ3v) is 3.91. The van der Waals surface area contributed by atoms with Crippen molar-refractivity contribution in [3.05, 3.63) is 89.9 Å². The van der Waals surface area contributed by atoms with Gasteiger partial charge in [0.15, 0.2) is 0 Å². The molecule has 0 aliphatic carbocycles. The van der Waals surface area contributed by atoms with Gasteiger partial charge < -0.3 is 0 Å². The highest BCUT2D eigenvalue weighted by atomic mass is 15.1. The van der Waals surface area contributed by atoms with Crippen molar-refractivity contribution in [2.24, 2.45) is 0 Å². The smallest absolute Gasteiger partial charge is 0.139 e. The molecular weight excluding hydrogens is 308 g/mol. The van der Waals surface area contributed by atoms with Gasteiger partial charge in [-0.2, -0.15) is 5.26 Å². The fourth-order valence-corrected chi connectivity index (χ4v) is 2.74. The monoisotopic (exact) mass is 322 g/mol. The molecule has 2 aromatic heterocycles. The van der Waals surface area contributed by atoms with Crippen molar-refractivity contribution in [2.75, 3.05) is 0 Å². The first kappa shape index (κ1) is 14.9. The predicted molar refractivity (Wildman–Crippen MR) is 99.0 cm³/mol. The van der Waals surface area contributed by atoms with Gasteiger partial charge in [0, 0.05) is 6.20 Å². The van der Waals surface area contributed by atoms with Crippen LogP contribution in [0.1, 0.15) is 17.0 Å². The van der Waals surface area contributed by atoms with E-state index in [0.717, 1.165) is 28.2 Å². The highest BCUT2D eigenvalue weighted by Crippen LogP contribution is 2.23. The quantitative estimate of drug-likeness (QED) is 0.559. The average molecular weight is 322 g/mol. The second-order valence-electron chi connectivity index (χ2n) is 5.55. The van der Waals surface area contributed by atoms with Gasteiger partial charge in [-0.3, -0.25) is 4.57 Å². The molecule has 0 aliphatic rings. The minimum atomic E-state index is 0.594. The number of fused-ring (bicyclic) bond motifs is 1. The summed E-state index contributed by atoms with van der Waals surface area (Å²) in [6.45, 7) is 0. The Bertz CT molecular complexity index is 1090.